The zero-order chi connectivity index (χ0) is 24.5. The number of amides is 4. The number of anilines is 2. The zero-order valence-electron chi connectivity index (χ0n) is 19.5. The van der Waals surface area contributed by atoms with Crippen LogP contribution in [0.3, 0.4) is 0 Å². The number of hydrogen-bond acceptors (Lipinski definition) is 6. The Hall–Kier alpha value is -3.88. The average molecular weight is 476 g/mol. The number of primary amides is 1. The van der Waals surface area contributed by atoms with Crippen molar-refractivity contribution in [2.45, 2.75) is 38.3 Å². The predicted molar refractivity (Wildman–Crippen MR) is 131 cm³/mol. The molecule has 1 atom stereocenters. The molecule has 5 rings (SSSR count). The molecule has 35 heavy (non-hydrogen) atoms. The normalized spacial score (nSPS) is 20.6. The van der Waals surface area contributed by atoms with E-state index < -0.39 is 17.9 Å². The second-order valence-electron chi connectivity index (χ2n) is 9.45. The highest BCUT2D eigenvalue weighted by atomic mass is 16.2. The Labute approximate surface area is 203 Å². The summed E-state index contributed by atoms with van der Waals surface area (Å²) in [6.45, 7) is 3.02. The molecule has 1 unspecified atom stereocenters. The minimum Gasteiger partial charge on any atom is -0.384 e. The molecule has 2 saturated heterocycles. The molecule has 0 radical (unpaired) electrons. The van der Waals surface area contributed by atoms with Crippen LogP contribution in [0.4, 0.5) is 11.4 Å². The Morgan fingerprint density at radius 1 is 1.03 bits per heavy atom. The standard InChI is InChI=1S/C26H29N5O4/c27-24(33)17-4-6-18(7-5-17)30-12-10-16(11-13-30)14-28-21-3-1-2-19-20(21)15-31(26(19)35)22-8-9-23(32)29-25(22)34/h1-7,16,22,28H,8-15H2,(H2,27,33)(H,29,32,34). The molecule has 3 aliphatic rings. The molecule has 2 aromatic carbocycles. The van der Waals surface area contributed by atoms with E-state index in [-0.39, 0.29) is 18.2 Å². The lowest BCUT2D eigenvalue weighted by molar-refractivity contribution is -0.136. The molecule has 4 N–H and O–H groups in total. The van der Waals surface area contributed by atoms with Crippen molar-refractivity contribution in [2.75, 3.05) is 29.9 Å². The lowest BCUT2D eigenvalue weighted by Crippen LogP contribution is -2.52. The van der Waals surface area contributed by atoms with Crippen LogP contribution >= 0.6 is 0 Å². The van der Waals surface area contributed by atoms with Gasteiger partial charge in [0, 0.05) is 60.7 Å². The van der Waals surface area contributed by atoms with Crippen LogP contribution in [-0.4, -0.2) is 54.2 Å². The minimum absolute atomic E-state index is 0.159. The topological polar surface area (TPSA) is 125 Å². The highest BCUT2D eigenvalue weighted by Gasteiger charge is 2.39. The number of fused-ring (bicyclic) bond motifs is 1. The SMILES string of the molecule is NC(=O)c1ccc(N2CCC(CNc3cccc4c3CN(C3CCC(=O)NC3=O)C4=O)CC2)cc1. The van der Waals surface area contributed by atoms with Gasteiger partial charge < -0.3 is 20.9 Å². The average Bonchev–Trinajstić information content (AvgIpc) is 3.20. The summed E-state index contributed by atoms with van der Waals surface area (Å²) in [6, 6.07) is 12.5. The van der Waals surface area contributed by atoms with Gasteiger partial charge in [-0.3, -0.25) is 24.5 Å². The molecule has 0 aromatic heterocycles. The van der Waals surface area contributed by atoms with Crippen LogP contribution < -0.4 is 21.3 Å². The molecule has 9 heteroatoms. The van der Waals surface area contributed by atoms with Crippen molar-refractivity contribution in [3.05, 3.63) is 59.2 Å². The maximum atomic E-state index is 13.0. The van der Waals surface area contributed by atoms with Gasteiger partial charge in [0.15, 0.2) is 0 Å². The second kappa shape index (κ2) is 9.40. The van der Waals surface area contributed by atoms with Crippen LogP contribution in [0, 0.1) is 5.92 Å². The van der Waals surface area contributed by atoms with Crippen molar-refractivity contribution in [2.24, 2.45) is 11.7 Å². The van der Waals surface area contributed by atoms with Crippen molar-refractivity contribution in [1.82, 2.24) is 10.2 Å². The molecule has 2 fully saturated rings. The molecular formula is C26H29N5O4. The van der Waals surface area contributed by atoms with Gasteiger partial charge in [0.1, 0.15) is 6.04 Å². The number of nitrogens with one attached hydrogen (secondary N) is 2. The minimum atomic E-state index is -0.609. The summed E-state index contributed by atoms with van der Waals surface area (Å²) in [5.41, 5.74) is 9.39. The fourth-order valence-corrected chi connectivity index (χ4v) is 5.24. The smallest absolute Gasteiger partial charge is 0.255 e. The fourth-order valence-electron chi connectivity index (χ4n) is 5.24. The lowest BCUT2D eigenvalue weighted by atomic mass is 9.96. The Morgan fingerprint density at radius 2 is 1.77 bits per heavy atom. The zero-order valence-corrected chi connectivity index (χ0v) is 19.5. The fraction of sp³-hybridized carbons (Fsp3) is 0.385. The number of carbonyl (C=O) groups is 4. The number of piperidine rings is 2. The third-order valence-electron chi connectivity index (χ3n) is 7.29. The maximum Gasteiger partial charge on any atom is 0.255 e. The summed E-state index contributed by atoms with van der Waals surface area (Å²) < 4.78 is 0. The first-order valence-corrected chi connectivity index (χ1v) is 12.1. The first-order valence-electron chi connectivity index (χ1n) is 12.1. The molecule has 0 spiro atoms. The monoisotopic (exact) mass is 475 g/mol. The van der Waals surface area contributed by atoms with Crippen molar-refractivity contribution in [3.8, 4) is 0 Å². The predicted octanol–water partition coefficient (Wildman–Crippen LogP) is 1.87. The van der Waals surface area contributed by atoms with Crippen molar-refractivity contribution in [3.63, 3.8) is 0 Å². The van der Waals surface area contributed by atoms with Gasteiger partial charge in [0.25, 0.3) is 5.91 Å². The molecule has 182 valence electrons. The Bertz CT molecular complexity index is 1170. The van der Waals surface area contributed by atoms with Gasteiger partial charge in [-0.2, -0.15) is 0 Å². The van der Waals surface area contributed by atoms with Gasteiger partial charge in [-0.25, -0.2) is 0 Å². The van der Waals surface area contributed by atoms with E-state index in [4.69, 9.17) is 5.73 Å². The number of rotatable bonds is 6. The van der Waals surface area contributed by atoms with Crippen LogP contribution in [0.5, 0.6) is 0 Å². The van der Waals surface area contributed by atoms with Crippen LogP contribution in [-0.2, 0) is 16.1 Å². The number of nitrogens with two attached hydrogens (primary N) is 1. The Balaban J connectivity index is 1.18. The van der Waals surface area contributed by atoms with Gasteiger partial charge in [0.05, 0.1) is 0 Å². The van der Waals surface area contributed by atoms with E-state index in [0.717, 1.165) is 49.4 Å². The Kier molecular flexibility index (Phi) is 6.15. The number of benzene rings is 2. The summed E-state index contributed by atoms with van der Waals surface area (Å²) in [5, 5.41) is 5.90. The molecule has 0 aliphatic carbocycles. The van der Waals surface area contributed by atoms with E-state index in [2.05, 4.69) is 15.5 Å². The van der Waals surface area contributed by atoms with Crippen LogP contribution in [0.1, 0.15) is 52.0 Å². The summed E-state index contributed by atoms with van der Waals surface area (Å²) in [7, 11) is 0. The molecule has 4 amide bonds. The quantitative estimate of drug-likeness (QED) is 0.548. The van der Waals surface area contributed by atoms with Gasteiger partial charge in [-0.05, 0) is 61.6 Å². The summed E-state index contributed by atoms with van der Waals surface area (Å²) in [6.07, 6.45) is 2.66. The second-order valence-corrected chi connectivity index (χ2v) is 9.45. The Morgan fingerprint density at radius 3 is 2.46 bits per heavy atom. The largest absolute Gasteiger partial charge is 0.384 e. The molecule has 9 nitrogen and oxygen atoms in total. The molecular weight excluding hydrogens is 446 g/mol. The van der Waals surface area contributed by atoms with Gasteiger partial charge >= 0.3 is 0 Å². The molecule has 0 saturated carbocycles. The third kappa shape index (κ3) is 4.58. The van der Waals surface area contributed by atoms with Crippen LogP contribution in [0.15, 0.2) is 42.5 Å². The summed E-state index contributed by atoms with van der Waals surface area (Å²) in [4.78, 5) is 52.0. The van der Waals surface area contributed by atoms with E-state index in [9.17, 15) is 19.2 Å². The van der Waals surface area contributed by atoms with E-state index in [1.807, 2.05) is 24.3 Å². The van der Waals surface area contributed by atoms with Gasteiger partial charge in [-0.1, -0.05) is 6.07 Å². The third-order valence-corrected chi connectivity index (χ3v) is 7.29. The number of imide groups is 1. The number of carbonyl (C=O) groups excluding carboxylic acids is 4. The van der Waals surface area contributed by atoms with Crippen molar-refractivity contribution >= 4 is 35.0 Å². The van der Waals surface area contributed by atoms with Crippen LogP contribution in [0.2, 0.25) is 0 Å². The van der Waals surface area contributed by atoms with E-state index in [0.29, 0.717) is 30.0 Å². The molecule has 2 aromatic rings. The summed E-state index contributed by atoms with van der Waals surface area (Å²) >= 11 is 0. The first kappa shape index (κ1) is 22.9. The maximum absolute atomic E-state index is 13.0. The highest BCUT2D eigenvalue weighted by Crippen LogP contribution is 2.33. The van der Waals surface area contributed by atoms with E-state index >= 15 is 0 Å². The highest BCUT2D eigenvalue weighted by molar-refractivity contribution is 6.06. The van der Waals surface area contributed by atoms with E-state index in [1.165, 1.54) is 0 Å². The first-order chi connectivity index (χ1) is 16.9. The van der Waals surface area contributed by atoms with Crippen LogP contribution in [0.25, 0.3) is 0 Å². The van der Waals surface area contributed by atoms with Gasteiger partial charge in [0.2, 0.25) is 17.7 Å². The number of nitrogens with zero attached hydrogens (tertiary/aromatic N) is 2. The van der Waals surface area contributed by atoms with Crippen molar-refractivity contribution in [1.29, 1.82) is 0 Å². The van der Waals surface area contributed by atoms with Gasteiger partial charge in [-0.15, -0.1) is 0 Å². The van der Waals surface area contributed by atoms with Crippen molar-refractivity contribution < 1.29 is 19.2 Å². The molecule has 3 aliphatic heterocycles. The van der Waals surface area contributed by atoms with E-state index in [1.54, 1.807) is 23.1 Å². The summed E-state index contributed by atoms with van der Waals surface area (Å²) in [5.74, 6) is -0.765. The lowest BCUT2D eigenvalue weighted by Gasteiger charge is -2.34. The number of hydrogen-bond donors (Lipinski definition) is 3. The molecule has 3 heterocycles. The molecule has 0 bridgehead atoms.